The average Bonchev–Trinajstić information content (AvgIpc) is 2.69. The molecule has 1 heterocycles. The lowest BCUT2D eigenvalue weighted by molar-refractivity contribution is -0.138. The number of carbonyl (C=O) groups is 2. The van der Waals surface area contributed by atoms with E-state index in [9.17, 15) is 9.59 Å². The summed E-state index contributed by atoms with van der Waals surface area (Å²) in [7, 11) is 0. The van der Waals surface area contributed by atoms with Crippen molar-refractivity contribution in [3.05, 3.63) is 24.2 Å². The highest BCUT2D eigenvalue weighted by atomic mass is 16.6. The maximum Gasteiger partial charge on any atom is 0.410 e. The predicted molar refractivity (Wildman–Crippen MR) is 53.8 cm³/mol. The predicted octanol–water partition coefficient (Wildman–Crippen LogP) is 1.32. The molecule has 0 saturated carbocycles. The molecular formula is C10H13NO5. The SMILES string of the molecule is CCOC(=O)N(CC(=O)O)Cc1ccco1. The highest BCUT2D eigenvalue weighted by Gasteiger charge is 2.19. The molecule has 1 N–H and O–H groups in total. The zero-order valence-electron chi connectivity index (χ0n) is 8.88. The van der Waals surface area contributed by atoms with Crippen LogP contribution in [0.4, 0.5) is 4.79 Å². The van der Waals surface area contributed by atoms with Gasteiger partial charge in [-0.05, 0) is 19.1 Å². The van der Waals surface area contributed by atoms with E-state index in [1.165, 1.54) is 6.26 Å². The van der Waals surface area contributed by atoms with Crippen molar-refractivity contribution in [2.24, 2.45) is 0 Å². The number of furan rings is 1. The molecule has 6 heteroatoms. The van der Waals surface area contributed by atoms with Crippen LogP contribution in [0, 0.1) is 0 Å². The molecule has 0 aromatic carbocycles. The molecule has 0 radical (unpaired) electrons. The van der Waals surface area contributed by atoms with Crippen LogP contribution in [0.25, 0.3) is 0 Å². The Morgan fingerprint density at radius 3 is 2.81 bits per heavy atom. The smallest absolute Gasteiger partial charge is 0.410 e. The summed E-state index contributed by atoms with van der Waals surface area (Å²) in [6.45, 7) is 1.52. The van der Waals surface area contributed by atoms with E-state index in [0.29, 0.717) is 5.76 Å². The molecule has 1 aromatic heterocycles. The molecule has 0 saturated heterocycles. The summed E-state index contributed by atoms with van der Waals surface area (Å²) in [5.41, 5.74) is 0. The van der Waals surface area contributed by atoms with Crippen LogP contribution in [0.2, 0.25) is 0 Å². The monoisotopic (exact) mass is 227 g/mol. The first-order valence-electron chi connectivity index (χ1n) is 4.79. The highest BCUT2D eigenvalue weighted by molar-refractivity contribution is 5.76. The Balaban J connectivity index is 2.63. The molecule has 0 aliphatic carbocycles. The molecule has 0 bridgehead atoms. The average molecular weight is 227 g/mol. The third kappa shape index (κ3) is 3.64. The van der Waals surface area contributed by atoms with Crippen molar-refractivity contribution >= 4 is 12.1 Å². The van der Waals surface area contributed by atoms with E-state index >= 15 is 0 Å². The fourth-order valence-corrected chi connectivity index (χ4v) is 1.15. The lowest BCUT2D eigenvalue weighted by atomic mass is 10.4. The molecule has 0 fully saturated rings. The molecule has 0 spiro atoms. The normalized spacial score (nSPS) is 9.81. The van der Waals surface area contributed by atoms with Gasteiger partial charge in [0.15, 0.2) is 0 Å². The molecule has 0 aliphatic heterocycles. The number of ether oxygens (including phenoxy) is 1. The zero-order valence-corrected chi connectivity index (χ0v) is 8.88. The number of hydrogen-bond donors (Lipinski definition) is 1. The Morgan fingerprint density at radius 1 is 1.56 bits per heavy atom. The van der Waals surface area contributed by atoms with Crippen molar-refractivity contribution in [3.8, 4) is 0 Å². The van der Waals surface area contributed by atoms with Gasteiger partial charge in [-0.3, -0.25) is 9.69 Å². The summed E-state index contributed by atoms with van der Waals surface area (Å²) in [5, 5.41) is 8.65. The third-order valence-corrected chi connectivity index (χ3v) is 1.78. The van der Waals surface area contributed by atoms with E-state index in [2.05, 4.69) is 0 Å². The second kappa shape index (κ2) is 5.79. The molecule has 88 valence electrons. The van der Waals surface area contributed by atoms with Gasteiger partial charge in [0, 0.05) is 0 Å². The summed E-state index contributed by atoms with van der Waals surface area (Å²) in [4.78, 5) is 23.0. The van der Waals surface area contributed by atoms with Crippen LogP contribution in [-0.2, 0) is 16.1 Å². The zero-order chi connectivity index (χ0) is 12.0. The van der Waals surface area contributed by atoms with E-state index in [0.717, 1.165) is 4.90 Å². The topological polar surface area (TPSA) is 80.0 Å². The number of carboxylic acids is 1. The van der Waals surface area contributed by atoms with Gasteiger partial charge < -0.3 is 14.3 Å². The molecule has 1 amide bonds. The van der Waals surface area contributed by atoms with E-state index in [1.54, 1.807) is 19.1 Å². The van der Waals surface area contributed by atoms with Gasteiger partial charge in [-0.1, -0.05) is 0 Å². The molecule has 1 aromatic rings. The standard InChI is InChI=1S/C10H13NO5/c1-2-15-10(14)11(7-9(12)13)6-8-4-3-5-16-8/h3-5H,2,6-7H2,1H3,(H,12,13). The van der Waals surface area contributed by atoms with Crippen molar-refractivity contribution in [2.45, 2.75) is 13.5 Å². The maximum atomic E-state index is 11.4. The number of carbonyl (C=O) groups excluding carboxylic acids is 1. The van der Waals surface area contributed by atoms with Crippen LogP contribution >= 0.6 is 0 Å². The minimum Gasteiger partial charge on any atom is -0.480 e. The van der Waals surface area contributed by atoms with E-state index in [4.69, 9.17) is 14.3 Å². The Hall–Kier alpha value is -1.98. The van der Waals surface area contributed by atoms with Crippen LogP contribution < -0.4 is 0 Å². The van der Waals surface area contributed by atoms with Crippen molar-refractivity contribution in [3.63, 3.8) is 0 Å². The van der Waals surface area contributed by atoms with Gasteiger partial charge in [0.25, 0.3) is 0 Å². The summed E-state index contributed by atoms with van der Waals surface area (Å²) in [5.74, 6) is -0.589. The number of carboxylic acid groups (broad SMARTS) is 1. The quantitative estimate of drug-likeness (QED) is 0.820. The Bertz CT molecular complexity index is 346. The first-order chi connectivity index (χ1) is 7.63. The molecule has 16 heavy (non-hydrogen) atoms. The van der Waals surface area contributed by atoms with Crippen molar-refractivity contribution in [1.29, 1.82) is 0 Å². The second-order valence-corrected chi connectivity index (χ2v) is 3.03. The maximum absolute atomic E-state index is 11.4. The summed E-state index contributed by atoms with van der Waals surface area (Å²) >= 11 is 0. The van der Waals surface area contributed by atoms with Crippen LogP contribution in [0.1, 0.15) is 12.7 Å². The van der Waals surface area contributed by atoms with Gasteiger partial charge in [-0.15, -0.1) is 0 Å². The van der Waals surface area contributed by atoms with Crippen LogP contribution in [0.15, 0.2) is 22.8 Å². The van der Waals surface area contributed by atoms with Crippen molar-refractivity contribution < 1.29 is 23.8 Å². The third-order valence-electron chi connectivity index (χ3n) is 1.78. The first kappa shape index (κ1) is 12.1. The van der Waals surface area contributed by atoms with Crippen LogP contribution in [-0.4, -0.2) is 35.2 Å². The van der Waals surface area contributed by atoms with Crippen molar-refractivity contribution in [2.75, 3.05) is 13.2 Å². The summed E-state index contributed by atoms with van der Waals surface area (Å²) in [6.07, 6.45) is 0.792. The fourth-order valence-electron chi connectivity index (χ4n) is 1.15. The summed E-state index contributed by atoms with van der Waals surface area (Å²) in [6, 6.07) is 3.33. The molecule has 0 atom stereocenters. The van der Waals surface area contributed by atoms with Gasteiger partial charge in [0.1, 0.15) is 12.3 Å². The van der Waals surface area contributed by atoms with Crippen molar-refractivity contribution in [1.82, 2.24) is 4.90 Å². The molecule has 0 aliphatic rings. The minimum atomic E-state index is -1.10. The van der Waals surface area contributed by atoms with Gasteiger partial charge in [-0.2, -0.15) is 0 Å². The molecular weight excluding hydrogens is 214 g/mol. The lowest BCUT2D eigenvalue weighted by Gasteiger charge is -2.18. The highest BCUT2D eigenvalue weighted by Crippen LogP contribution is 2.06. The van der Waals surface area contributed by atoms with E-state index < -0.39 is 18.6 Å². The number of hydrogen-bond acceptors (Lipinski definition) is 4. The number of nitrogens with zero attached hydrogens (tertiary/aromatic N) is 1. The molecule has 6 nitrogen and oxygen atoms in total. The number of aliphatic carboxylic acids is 1. The second-order valence-electron chi connectivity index (χ2n) is 3.03. The largest absolute Gasteiger partial charge is 0.480 e. The van der Waals surface area contributed by atoms with Gasteiger partial charge in [0.05, 0.1) is 19.4 Å². The van der Waals surface area contributed by atoms with Crippen LogP contribution in [0.5, 0.6) is 0 Å². The minimum absolute atomic E-state index is 0.0815. The van der Waals surface area contributed by atoms with Gasteiger partial charge in [0.2, 0.25) is 0 Å². The number of amides is 1. The first-order valence-corrected chi connectivity index (χ1v) is 4.79. The Kier molecular flexibility index (Phi) is 4.38. The number of rotatable bonds is 5. The van der Waals surface area contributed by atoms with Crippen LogP contribution in [0.3, 0.4) is 0 Å². The van der Waals surface area contributed by atoms with E-state index in [1.807, 2.05) is 0 Å². The van der Waals surface area contributed by atoms with Gasteiger partial charge in [-0.25, -0.2) is 4.79 Å². The molecule has 0 unspecified atom stereocenters. The lowest BCUT2D eigenvalue weighted by Crippen LogP contribution is -2.35. The Labute approximate surface area is 92.4 Å². The van der Waals surface area contributed by atoms with E-state index in [-0.39, 0.29) is 13.2 Å². The van der Waals surface area contributed by atoms with Gasteiger partial charge >= 0.3 is 12.1 Å². The Morgan fingerprint density at radius 2 is 2.31 bits per heavy atom. The molecule has 1 rings (SSSR count). The fraction of sp³-hybridized carbons (Fsp3) is 0.400. The summed E-state index contributed by atoms with van der Waals surface area (Å²) < 4.78 is 9.77.